The molecule has 2 aromatic rings. The average Bonchev–Trinajstić information content (AvgIpc) is 3.10. The molecule has 2 aliphatic heterocycles. The first-order chi connectivity index (χ1) is 12.0. The molecule has 2 atom stereocenters. The van der Waals surface area contributed by atoms with E-state index in [1.54, 1.807) is 25.1 Å². The molecule has 0 spiro atoms. The second-order valence-electron chi connectivity index (χ2n) is 6.74. The molecule has 2 fully saturated rings. The zero-order valence-electron chi connectivity index (χ0n) is 13.8. The molecule has 25 heavy (non-hydrogen) atoms. The third-order valence-corrected chi connectivity index (χ3v) is 5.54. The van der Waals surface area contributed by atoms with Crippen molar-refractivity contribution in [1.29, 1.82) is 0 Å². The van der Waals surface area contributed by atoms with Gasteiger partial charge in [-0.1, -0.05) is 29.3 Å². The van der Waals surface area contributed by atoms with E-state index in [0.29, 0.717) is 33.6 Å². The molecule has 2 aliphatic rings. The lowest BCUT2D eigenvalue weighted by molar-refractivity contribution is 0.0913. The van der Waals surface area contributed by atoms with Gasteiger partial charge in [-0.15, -0.1) is 5.10 Å². The molecule has 1 aromatic heterocycles. The number of hydrogen-bond donors (Lipinski definition) is 2. The number of rotatable bonds is 3. The van der Waals surface area contributed by atoms with Crippen LogP contribution in [0.2, 0.25) is 10.0 Å². The Morgan fingerprint density at radius 3 is 2.52 bits per heavy atom. The maximum absolute atomic E-state index is 12.6. The van der Waals surface area contributed by atoms with Crippen LogP contribution in [0.25, 0.3) is 5.69 Å². The van der Waals surface area contributed by atoms with Crippen molar-refractivity contribution < 1.29 is 4.79 Å². The Morgan fingerprint density at radius 2 is 1.88 bits per heavy atom. The average molecular weight is 380 g/mol. The molecule has 8 heteroatoms. The van der Waals surface area contributed by atoms with Gasteiger partial charge in [0.25, 0.3) is 5.91 Å². The SMILES string of the molecule is Cc1nc(C(=O)NC2CC3CCC(C2)N3)nn1-c1c(Cl)cccc1Cl. The van der Waals surface area contributed by atoms with E-state index in [-0.39, 0.29) is 17.8 Å². The van der Waals surface area contributed by atoms with Gasteiger partial charge in [-0.3, -0.25) is 4.79 Å². The van der Waals surface area contributed by atoms with Gasteiger partial charge in [0.15, 0.2) is 0 Å². The van der Waals surface area contributed by atoms with Crippen molar-refractivity contribution in [3.63, 3.8) is 0 Å². The van der Waals surface area contributed by atoms with Gasteiger partial charge >= 0.3 is 0 Å². The van der Waals surface area contributed by atoms with Gasteiger partial charge in [-0.2, -0.15) is 0 Å². The molecule has 2 bridgehead atoms. The molecular formula is C17H19Cl2N5O. The van der Waals surface area contributed by atoms with E-state index in [1.165, 1.54) is 17.5 Å². The maximum Gasteiger partial charge on any atom is 0.291 e. The number of hydrogen-bond acceptors (Lipinski definition) is 4. The summed E-state index contributed by atoms with van der Waals surface area (Å²) in [4.78, 5) is 16.9. The summed E-state index contributed by atoms with van der Waals surface area (Å²) in [7, 11) is 0. The summed E-state index contributed by atoms with van der Waals surface area (Å²) in [6.07, 6.45) is 4.29. The van der Waals surface area contributed by atoms with Crippen LogP contribution in [0.1, 0.15) is 42.1 Å². The van der Waals surface area contributed by atoms with Crippen molar-refractivity contribution in [2.24, 2.45) is 0 Å². The first-order valence-corrected chi connectivity index (χ1v) is 9.22. The first kappa shape index (κ1) is 16.8. The molecule has 0 saturated carbocycles. The van der Waals surface area contributed by atoms with Crippen LogP contribution >= 0.6 is 23.2 Å². The number of benzene rings is 1. The van der Waals surface area contributed by atoms with Crippen LogP contribution in [-0.4, -0.2) is 38.8 Å². The number of amides is 1. The molecule has 4 rings (SSSR count). The Labute approximate surface area is 155 Å². The summed E-state index contributed by atoms with van der Waals surface area (Å²) in [6.45, 7) is 1.77. The Morgan fingerprint density at radius 1 is 1.24 bits per heavy atom. The Hall–Kier alpha value is -1.63. The van der Waals surface area contributed by atoms with Crippen molar-refractivity contribution in [2.45, 2.75) is 50.7 Å². The van der Waals surface area contributed by atoms with Crippen molar-refractivity contribution >= 4 is 29.1 Å². The number of piperidine rings is 1. The van der Waals surface area contributed by atoms with Crippen LogP contribution < -0.4 is 10.6 Å². The summed E-state index contributed by atoms with van der Waals surface area (Å²) in [5.74, 6) is 0.446. The highest BCUT2D eigenvalue weighted by atomic mass is 35.5. The zero-order valence-corrected chi connectivity index (χ0v) is 15.3. The largest absolute Gasteiger partial charge is 0.346 e. The topological polar surface area (TPSA) is 71.8 Å². The molecule has 132 valence electrons. The van der Waals surface area contributed by atoms with Crippen molar-refractivity contribution in [3.05, 3.63) is 39.9 Å². The summed E-state index contributed by atoms with van der Waals surface area (Å²) < 4.78 is 1.52. The van der Waals surface area contributed by atoms with Gasteiger partial charge in [-0.05, 0) is 44.7 Å². The fraction of sp³-hybridized carbons (Fsp3) is 0.471. The van der Waals surface area contributed by atoms with E-state index >= 15 is 0 Å². The predicted octanol–water partition coefficient (Wildman–Crippen LogP) is 2.90. The van der Waals surface area contributed by atoms with Crippen LogP contribution in [0.15, 0.2) is 18.2 Å². The lowest BCUT2D eigenvalue weighted by atomic mass is 10.00. The molecule has 2 N–H and O–H groups in total. The fourth-order valence-corrected chi connectivity index (χ4v) is 4.37. The number of aryl methyl sites for hydroxylation is 1. The van der Waals surface area contributed by atoms with Crippen molar-refractivity contribution in [3.8, 4) is 5.69 Å². The molecule has 3 heterocycles. The number of carbonyl (C=O) groups excluding carboxylic acids is 1. The lowest BCUT2D eigenvalue weighted by Crippen LogP contribution is -2.48. The molecule has 6 nitrogen and oxygen atoms in total. The van der Waals surface area contributed by atoms with E-state index in [9.17, 15) is 4.79 Å². The summed E-state index contributed by atoms with van der Waals surface area (Å²) in [6, 6.07) is 6.42. The molecule has 2 saturated heterocycles. The quantitative estimate of drug-likeness (QED) is 0.859. The predicted molar refractivity (Wildman–Crippen MR) is 96.5 cm³/mol. The number of halogens is 2. The van der Waals surface area contributed by atoms with Crippen molar-refractivity contribution in [2.75, 3.05) is 0 Å². The molecule has 1 aromatic carbocycles. The minimum Gasteiger partial charge on any atom is -0.346 e. The van der Waals surface area contributed by atoms with Crippen molar-refractivity contribution in [1.82, 2.24) is 25.4 Å². The van der Waals surface area contributed by atoms with Gasteiger partial charge < -0.3 is 10.6 Å². The van der Waals surface area contributed by atoms with Gasteiger partial charge in [0.1, 0.15) is 11.5 Å². The monoisotopic (exact) mass is 379 g/mol. The van der Waals surface area contributed by atoms with Crippen LogP contribution in [0.4, 0.5) is 0 Å². The number of nitrogens with one attached hydrogen (secondary N) is 2. The standard InChI is InChI=1S/C17H19Cl2N5O/c1-9-20-16(23-24(9)15-13(18)3-2-4-14(15)19)17(25)22-12-7-10-5-6-11(8-12)21-10/h2-4,10-12,21H,5-8H2,1H3,(H,22,25). The number of nitrogens with zero attached hydrogens (tertiary/aromatic N) is 3. The fourth-order valence-electron chi connectivity index (χ4n) is 3.81. The minimum absolute atomic E-state index is 0.138. The van der Waals surface area contributed by atoms with E-state index in [4.69, 9.17) is 23.2 Å². The normalized spacial score (nSPS) is 25.2. The summed E-state index contributed by atoms with van der Waals surface area (Å²) in [5.41, 5.74) is 0.537. The Balaban J connectivity index is 1.55. The van der Waals surface area contributed by atoms with Gasteiger partial charge in [0.2, 0.25) is 5.82 Å². The summed E-state index contributed by atoms with van der Waals surface area (Å²) >= 11 is 12.5. The number of para-hydroxylation sites is 1. The van der Waals surface area contributed by atoms with E-state index < -0.39 is 0 Å². The van der Waals surface area contributed by atoms with Crippen LogP contribution in [0.3, 0.4) is 0 Å². The smallest absolute Gasteiger partial charge is 0.291 e. The molecule has 0 radical (unpaired) electrons. The molecule has 1 amide bonds. The molecular weight excluding hydrogens is 361 g/mol. The zero-order chi connectivity index (χ0) is 17.6. The third-order valence-electron chi connectivity index (χ3n) is 4.93. The highest BCUT2D eigenvalue weighted by Gasteiger charge is 2.34. The van der Waals surface area contributed by atoms with Crippen LogP contribution in [-0.2, 0) is 0 Å². The van der Waals surface area contributed by atoms with Crippen LogP contribution in [0.5, 0.6) is 0 Å². The minimum atomic E-state index is -0.253. The second-order valence-corrected chi connectivity index (χ2v) is 7.56. The lowest BCUT2D eigenvalue weighted by Gasteiger charge is -2.29. The molecule has 2 unspecified atom stereocenters. The van der Waals surface area contributed by atoms with E-state index in [0.717, 1.165) is 12.8 Å². The number of fused-ring (bicyclic) bond motifs is 2. The number of aromatic nitrogens is 3. The molecule has 0 aliphatic carbocycles. The third kappa shape index (κ3) is 3.26. The highest BCUT2D eigenvalue weighted by Crippen LogP contribution is 2.29. The Kier molecular flexibility index (Phi) is 4.43. The number of carbonyl (C=O) groups is 1. The maximum atomic E-state index is 12.6. The van der Waals surface area contributed by atoms with Gasteiger partial charge in [-0.25, -0.2) is 9.67 Å². The van der Waals surface area contributed by atoms with Gasteiger partial charge in [0.05, 0.1) is 10.0 Å². The second kappa shape index (κ2) is 6.59. The van der Waals surface area contributed by atoms with Gasteiger partial charge in [0, 0.05) is 18.1 Å². The van der Waals surface area contributed by atoms with Crippen LogP contribution in [0, 0.1) is 6.92 Å². The van der Waals surface area contributed by atoms with E-state index in [2.05, 4.69) is 20.7 Å². The highest BCUT2D eigenvalue weighted by molar-refractivity contribution is 6.37. The van der Waals surface area contributed by atoms with E-state index in [1.807, 2.05) is 0 Å². The first-order valence-electron chi connectivity index (χ1n) is 8.46. The summed E-state index contributed by atoms with van der Waals surface area (Å²) in [5, 5.41) is 11.9. The Bertz CT molecular complexity index is 789.